The number of carbonyl (C=O) groups is 3. The van der Waals surface area contributed by atoms with E-state index < -0.39 is 18.1 Å². The van der Waals surface area contributed by atoms with Crippen LogP contribution in [0.2, 0.25) is 0 Å². The molecule has 0 aromatic rings. The Morgan fingerprint density at radius 2 is 1.13 bits per heavy atom. The molecule has 0 aromatic heterocycles. The summed E-state index contributed by atoms with van der Waals surface area (Å²) in [5.74, 6) is -1.48. The molecule has 8 heteroatoms. The van der Waals surface area contributed by atoms with Crippen LogP contribution in [0.1, 0.15) is 155 Å². The number of carboxylic acids is 1. The van der Waals surface area contributed by atoms with Gasteiger partial charge in [-0.2, -0.15) is 0 Å². The summed E-state index contributed by atoms with van der Waals surface area (Å²) in [6.45, 7) is 4.66. The zero-order chi connectivity index (χ0) is 33.6. The van der Waals surface area contributed by atoms with Crippen LogP contribution in [0.4, 0.5) is 0 Å². The quantitative estimate of drug-likeness (QED) is 0.0339. The molecule has 0 saturated heterocycles. The summed E-state index contributed by atoms with van der Waals surface area (Å²) in [7, 11) is 5.51. The lowest BCUT2D eigenvalue weighted by Crippen LogP contribution is -2.50. The van der Waals surface area contributed by atoms with Crippen molar-refractivity contribution in [2.24, 2.45) is 0 Å². The Labute approximate surface area is 276 Å². The van der Waals surface area contributed by atoms with E-state index in [0.29, 0.717) is 19.3 Å². The van der Waals surface area contributed by atoms with Gasteiger partial charge in [-0.15, -0.1) is 0 Å². The molecule has 8 nitrogen and oxygen atoms in total. The van der Waals surface area contributed by atoms with Gasteiger partial charge in [-0.25, -0.2) is 4.79 Å². The van der Waals surface area contributed by atoms with Gasteiger partial charge in [-0.1, -0.05) is 116 Å². The summed E-state index contributed by atoms with van der Waals surface area (Å²) in [5.41, 5.74) is 0. The molecule has 0 rings (SSSR count). The predicted octanol–water partition coefficient (Wildman–Crippen LogP) is 8.80. The average Bonchev–Trinajstić information content (AvgIpc) is 2.98. The number of rotatable bonds is 32. The van der Waals surface area contributed by atoms with E-state index in [1.165, 1.54) is 64.2 Å². The van der Waals surface area contributed by atoms with E-state index in [-0.39, 0.29) is 36.2 Å². The molecule has 1 N–H and O–H groups in total. The van der Waals surface area contributed by atoms with Crippen LogP contribution in [-0.2, 0) is 28.6 Å². The van der Waals surface area contributed by atoms with Gasteiger partial charge in [0.15, 0.2) is 12.1 Å². The summed E-state index contributed by atoms with van der Waals surface area (Å²) in [6, 6.07) is -0.609. The van der Waals surface area contributed by atoms with E-state index >= 15 is 0 Å². The van der Waals surface area contributed by atoms with Gasteiger partial charge in [0.2, 0.25) is 0 Å². The first kappa shape index (κ1) is 43.1. The second-order valence-electron chi connectivity index (χ2n) is 13.5. The molecule has 2 unspecified atom stereocenters. The smallest absolute Gasteiger partial charge is 0.362 e. The zero-order valence-corrected chi connectivity index (χ0v) is 29.8. The van der Waals surface area contributed by atoms with Crippen molar-refractivity contribution in [3.63, 3.8) is 0 Å². The van der Waals surface area contributed by atoms with E-state index in [1.807, 2.05) is 21.1 Å². The van der Waals surface area contributed by atoms with Gasteiger partial charge < -0.3 is 23.8 Å². The van der Waals surface area contributed by atoms with Crippen LogP contribution in [0.5, 0.6) is 0 Å². The van der Waals surface area contributed by atoms with Crippen LogP contribution in [0.15, 0.2) is 12.2 Å². The van der Waals surface area contributed by atoms with Crippen molar-refractivity contribution >= 4 is 17.9 Å². The Bertz CT molecular complexity index is 762. The van der Waals surface area contributed by atoms with Crippen LogP contribution in [0.25, 0.3) is 0 Å². The molecule has 2 atom stereocenters. The zero-order valence-electron chi connectivity index (χ0n) is 29.8. The first-order valence-electron chi connectivity index (χ1n) is 18.2. The van der Waals surface area contributed by atoms with E-state index in [2.05, 4.69) is 26.0 Å². The minimum Gasteiger partial charge on any atom is -0.477 e. The van der Waals surface area contributed by atoms with Crippen molar-refractivity contribution in [1.82, 2.24) is 0 Å². The molecule has 0 heterocycles. The number of allylic oxidation sites excluding steroid dienone is 2. The molecule has 0 spiro atoms. The minimum atomic E-state index is -0.876. The van der Waals surface area contributed by atoms with Gasteiger partial charge in [0.25, 0.3) is 0 Å². The van der Waals surface area contributed by atoms with E-state index in [4.69, 9.17) is 14.2 Å². The number of unbranched alkanes of at least 4 members (excludes halogenated alkanes) is 16. The van der Waals surface area contributed by atoms with Gasteiger partial charge in [-0.05, 0) is 32.1 Å². The molecule has 0 aromatic carbocycles. The Kier molecular flexibility index (Phi) is 28.2. The third-order valence-electron chi connectivity index (χ3n) is 8.16. The summed E-state index contributed by atoms with van der Waals surface area (Å²) in [4.78, 5) is 36.6. The van der Waals surface area contributed by atoms with Crippen LogP contribution in [0, 0.1) is 0 Å². The summed E-state index contributed by atoms with van der Waals surface area (Å²) in [5, 5.41) is 9.55. The van der Waals surface area contributed by atoms with Crippen LogP contribution < -0.4 is 0 Å². The number of carbonyl (C=O) groups excluding carboxylic acids is 2. The first-order valence-corrected chi connectivity index (χ1v) is 18.2. The van der Waals surface area contributed by atoms with Gasteiger partial charge in [0.05, 0.1) is 34.4 Å². The molecule has 0 aliphatic rings. The number of esters is 2. The second kappa shape index (κ2) is 29.5. The lowest BCUT2D eigenvalue weighted by atomic mass is 10.1. The van der Waals surface area contributed by atoms with Crippen LogP contribution in [0.3, 0.4) is 0 Å². The first-order chi connectivity index (χ1) is 21.6. The number of likely N-dealkylation sites (N-methyl/N-ethyl adjacent to an activating group) is 1. The highest BCUT2D eigenvalue weighted by Crippen LogP contribution is 2.14. The second-order valence-corrected chi connectivity index (χ2v) is 13.5. The van der Waals surface area contributed by atoms with Crippen molar-refractivity contribution < 1.29 is 38.2 Å². The summed E-state index contributed by atoms with van der Waals surface area (Å²) in [6.07, 6.45) is 26.8. The number of hydrogen-bond acceptors (Lipinski definition) is 6. The Morgan fingerprint density at radius 1 is 0.644 bits per heavy atom. The lowest BCUT2D eigenvalue weighted by molar-refractivity contribution is -0.887. The summed E-state index contributed by atoms with van der Waals surface area (Å²) >= 11 is 0. The molecular weight excluding hydrogens is 570 g/mol. The third kappa shape index (κ3) is 28.1. The monoisotopic (exact) mass is 641 g/mol. The maximum atomic E-state index is 12.6. The fourth-order valence-corrected chi connectivity index (χ4v) is 5.25. The Balaban J connectivity index is 4.46. The fourth-order valence-electron chi connectivity index (χ4n) is 5.25. The van der Waals surface area contributed by atoms with Crippen molar-refractivity contribution in [3.8, 4) is 0 Å². The molecule has 0 saturated carbocycles. The minimum absolute atomic E-state index is 0.0525. The summed E-state index contributed by atoms with van der Waals surface area (Å²) < 4.78 is 17.1. The van der Waals surface area contributed by atoms with Crippen molar-refractivity contribution in [2.75, 3.05) is 41.0 Å². The van der Waals surface area contributed by atoms with Crippen LogP contribution >= 0.6 is 0 Å². The fraction of sp³-hybridized carbons (Fsp3) is 0.865. The van der Waals surface area contributed by atoms with Crippen LogP contribution in [-0.4, -0.2) is 80.6 Å². The highest BCUT2D eigenvalue weighted by atomic mass is 16.6. The molecule has 0 bridgehead atoms. The number of aliphatic carboxylic acids is 1. The lowest BCUT2D eigenvalue weighted by Gasteiger charge is -2.31. The SMILES string of the molecule is CCCC/C=C/CCCCCCC(=O)OCC(COCCC(C(=O)O)[N+](C)(C)C)OC(=O)CCCCCCCCCCCCC. The predicted molar refractivity (Wildman–Crippen MR) is 183 cm³/mol. The number of quaternary nitrogens is 1. The van der Waals surface area contributed by atoms with Gasteiger partial charge in [-0.3, -0.25) is 9.59 Å². The van der Waals surface area contributed by atoms with Crippen molar-refractivity contribution in [3.05, 3.63) is 12.2 Å². The molecule has 264 valence electrons. The standard InChI is InChI=1S/C37H69NO7/c1-6-8-10-12-14-16-18-20-22-24-26-28-36(40)45-33(31-43-30-29-34(37(41)42)38(3,4)5)32-44-35(39)27-25-23-21-19-17-15-13-11-9-7-2/h13,15,33-34H,6-12,14,16-32H2,1-5H3/p+1/b15-13+. The molecule has 0 amide bonds. The van der Waals surface area contributed by atoms with E-state index in [1.54, 1.807) is 0 Å². The van der Waals surface area contributed by atoms with E-state index in [9.17, 15) is 19.5 Å². The number of ether oxygens (including phenoxy) is 3. The molecule has 0 aliphatic heterocycles. The van der Waals surface area contributed by atoms with Gasteiger partial charge in [0, 0.05) is 19.3 Å². The highest BCUT2D eigenvalue weighted by molar-refractivity contribution is 5.72. The van der Waals surface area contributed by atoms with Gasteiger partial charge >= 0.3 is 17.9 Å². The highest BCUT2D eigenvalue weighted by Gasteiger charge is 2.31. The Morgan fingerprint density at radius 3 is 1.67 bits per heavy atom. The van der Waals surface area contributed by atoms with Gasteiger partial charge in [0.1, 0.15) is 6.61 Å². The van der Waals surface area contributed by atoms with Crippen molar-refractivity contribution in [2.45, 2.75) is 167 Å². The normalized spacial score (nSPS) is 13.2. The average molecular weight is 641 g/mol. The third-order valence-corrected chi connectivity index (χ3v) is 8.16. The number of nitrogens with zero attached hydrogens (tertiary/aromatic N) is 1. The molecule has 0 radical (unpaired) electrons. The topological polar surface area (TPSA) is 99.1 Å². The molecule has 0 fully saturated rings. The maximum absolute atomic E-state index is 12.6. The van der Waals surface area contributed by atoms with Crippen molar-refractivity contribution in [1.29, 1.82) is 0 Å². The Hall–Kier alpha value is -1.93. The molecule has 0 aliphatic carbocycles. The maximum Gasteiger partial charge on any atom is 0.362 e. The number of carboxylic acid groups (broad SMARTS) is 1. The molecular formula is C37H70NO7+. The largest absolute Gasteiger partial charge is 0.477 e. The molecule has 45 heavy (non-hydrogen) atoms. The number of hydrogen-bond donors (Lipinski definition) is 1. The van der Waals surface area contributed by atoms with E-state index in [0.717, 1.165) is 57.8 Å².